The molecule has 12 rings (SSSR count). The Morgan fingerprint density at radius 2 is 1.00 bits per heavy atom. The summed E-state index contributed by atoms with van der Waals surface area (Å²) in [6.45, 7) is 4.69. The first-order valence-electron chi connectivity index (χ1n) is 20.7. The molecule has 0 aliphatic heterocycles. The smallest absolute Gasteiger partial charge is 0.235 e. The van der Waals surface area contributed by atoms with Crippen LogP contribution < -0.4 is 0 Å². The molecule has 60 heavy (non-hydrogen) atoms. The minimum absolute atomic E-state index is 0.0509. The van der Waals surface area contributed by atoms with Crippen LogP contribution in [0.1, 0.15) is 25.0 Å². The van der Waals surface area contributed by atoms with E-state index in [0.717, 1.165) is 44.3 Å². The molecular formula is C57H39N3. The first-order chi connectivity index (χ1) is 29.5. The lowest BCUT2D eigenvalue weighted by Crippen LogP contribution is -2.14. The number of aromatic nitrogens is 3. The Bertz CT molecular complexity index is 3520. The van der Waals surface area contributed by atoms with Crippen LogP contribution in [0.3, 0.4) is 0 Å². The van der Waals surface area contributed by atoms with E-state index in [1.165, 1.54) is 66.1 Å². The molecular weight excluding hydrogens is 727 g/mol. The zero-order valence-electron chi connectivity index (χ0n) is 33.4. The third-order valence-electron chi connectivity index (χ3n) is 12.8. The largest absolute Gasteiger partial charge is 0.277 e. The molecule has 11 aromatic rings. The summed E-state index contributed by atoms with van der Waals surface area (Å²) < 4.78 is 2.30. The second-order valence-electron chi connectivity index (χ2n) is 16.5. The molecule has 0 fully saturated rings. The normalized spacial score (nSPS) is 13.0. The number of hydrogen-bond acceptors (Lipinski definition) is 2. The standard InChI is InChI=1S/C57H39N3/c1-57(2)48-29-10-8-24-45(48)52-43(26-15-30-49(52)57)40-21-12-19-38(34-40)39-20-13-22-41(35-39)44-27-14-28-47-53-42-23-7-6-16-36(42)32-33-51(53)60(55(44)47)56-58-50-31-11-9-25-46(50)54(59-56)37-17-4-3-5-18-37/h3-35H,1-2H3. The van der Waals surface area contributed by atoms with Crippen molar-refractivity contribution in [1.29, 1.82) is 0 Å². The molecule has 0 saturated carbocycles. The molecule has 2 aromatic heterocycles. The van der Waals surface area contributed by atoms with Crippen molar-refractivity contribution in [1.82, 2.24) is 14.5 Å². The second-order valence-corrected chi connectivity index (χ2v) is 16.5. The molecule has 0 amide bonds. The molecule has 1 aliphatic rings. The van der Waals surface area contributed by atoms with E-state index in [2.05, 4.69) is 219 Å². The van der Waals surface area contributed by atoms with Gasteiger partial charge in [0.1, 0.15) is 0 Å². The fourth-order valence-electron chi connectivity index (χ4n) is 9.98. The number of fused-ring (bicyclic) bond motifs is 9. The van der Waals surface area contributed by atoms with Gasteiger partial charge in [0.25, 0.3) is 0 Å². The van der Waals surface area contributed by atoms with Crippen LogP contribution in [0.4, 0.5) is 0 Å². The molecule has 0 saturated heterocycles. The average molecular weight is 766 g/mol. The summed E-state index contributed by atoms with van der Waals surface area (Å²) in [5.41, 5.74) is 17.6. The van der Waals surface area contributed by atoms with Crippen LogP contribution in [0.2, 0.25) is 0 Å². The van der Waals surface area contributed by atoms with E-state index in [1.807, 2.05) is 0 Å². The summed E-state index contributed by atoms with van der Waals surface area (Å²) in [5, 5.41) is 5.82. The summed E-state index contributed by atoms with van der Waals surface area (Å²) in [7, 11) is 0. The van der Waals surface area contributed by atoms with Crippen LogP contribution in [0.25, 0.3) is 105 Å². The molecule has 3 nitrogen and oxygen atoms in total. The lowest BCUT2D eigenvalue weighted by atomic mass is 9.82. The zero-order valence-corrected chi connectivity index (χ0v) is 33.4. The van der Waals surface area contributed by atoms with Crippen LogP contribution in [0.15, 0.2) is 200 Å². The maximum atomic E-state index is 5.43. The first kappa shape index (κ1) is 34.4. The first-order valence-corrected chi connectivity index (χ1v) is 20.7. The lowest BCUT2D eigenvalue weighted by Gasteiger charge is -2.21. The van der Waals surface area contributed by atoms with Gasteiger partial charge in [0, 0.05) is 32.7 Å². The predicted octanol–water partition coefficient (Wildman–Crippen LogP) is 14.9. The van der Waals surface area contributed by atoms with Gasteiger partial charge in [-0.1, -0.05) is 190 Å². The highest BCUT2D eigenvalue weighted by molar-refractivity contribution is 6.23. The summed E-state index contributed by atoms with van der Waals surface area (Å²) in [6.07, 6.45) is 0. The predicted molar refractivity (Wildman–Crippen MR) is 251 cm³/mol. The number of hydrogen-bond donors (Lipinski definition) is 0. The van der Waals surface area contributed by atoms with Crippen molar-refractivity contribution in [3.8, 4) is 61.7 Å². The molecule has 0 spiro atoms. The molecule has 0 radical (unpaired) electrons. The molecule has 282 valence electrons. The SMILES string of the molecule is CC1(C)c2ccccc2-c2c(-c3cccc(-c4cccc(-c5cccc6c7c8ccccc8ccc7n(-c7nc(-c8ccccc8)c8ccccc8n7)c56)c4)c3)cccc21. The van der Waals surface area contributed by atoms with Gasteiger partial charge in [0.2, 0.25) is 5.95 Å². The van der Waals surface area contributed by atoms with Gasteiger partial charge in [-0.2, -0.15) is 0 Å². The Kier molecular flexibility index (Phi) is 7.58. The van der Waals surface area contributed by atoms with Gasteiger partial charge in [-0.05, 0) is 85.1 Å². The molecule has 3 heteroatoms. The van der Waals surface area contributed by atoms with Crippen LogP contribution >= 0.6 is 0 Å². The summed E-state index contributed by atoms with van der Waals surface area (Å²) in [6, 6.07) is 72.5. The van der Waals surface area contributed by atoms with Crippen molar-refractivity contribution in [3.63, 3.8) is 0 Å². The van der Waals surface area contributed by atoms with E-state index in [9.17, 15) is 0 Å². The maximum Gasteiger partial charge on any atom is 0.235 e. The zero-order chi connectivity index (χ0) is 40.0. The summed E-state index contributed by atoms with van der Waals surface area (Å²) >= 11 is 0. The highest BCUT2D eigenvalue weighted by Gasteiger charge is 2.36. The van der Waals surface area contributed by atoms with Crippen molar-refractivity contribution in [2.45, 2.75) is 19.3 Å². The fourth-order valence-corrected chi connectivity index (χ4v) is 9.98. The summed E-state index contributed by atoms with van der Waals surface area (Å²) in [4.78, 5) is 10.8. The fraction of sp³-hybridized carbons (Fsp3) is 0.0526. The number of rotatable bonds is 5. The van der Waals surface area contributed by atoms with Gasteiger partial charge in [0.15, 0.2) is 0 Å². The van der Waals surface area contributed by atoms with Crippen molar-refractivity contribution in [3.05, 3.63) is 211 Å². The van der Waals surface area contributed by atoms with Gasteiger partial charge in [-0.15, -0.1) is 0 Å². The van der Waals surface area contributed by atoms with Gasteiger partial charge in [0.05, 0.1) is 22.2 Å². The molecule has 0 N–H and O–H groups in total. The Labute approximate surface area is 348 Å². The third kappa shape index (κ3) is 5.15. The molecule has 0 atom stereocenters. The van der Waals surface area contributed by atoms with Crippen molar-refractivity contribution in [2.75, 3.05) is 0 Å². The van der Waals surface area contributed by atoms with Gasteiger partial charge < -0.3 is 0 Å². The van der Waals surface area contributed by atoms with Gasteiger partial charge in [-0.3, -0.25) is 4.57 Å². The quantitative estimate of drug-likeness (QED) is 0.175. The van der Waals surface area contributed by atoms with Crippen molar-refractivity contribution < 1.29 is 0 Å². The highest BCUT2D eigenvalue weighted by Crippen LogP contribution is 2.52. The molecule has 9 aromatic carbocycles. The molecule has 2 heterocycles. The van der Waals surface area contributed by atoms with Gasteiger partial charge >= 0.3 is 0 Å². The lowest BCUT2D eigenvalue weighted by molar-refractivity contribution is 0.660. The van der Waals surface area contributed by atoms with Crippen LogP contribution in [-0.4, -0.2) is 14.5 Å². The van der Waals surface area contributed by atoms with Crippen LogP contribution in [0, 0.1) is 0 Å². The Balaban J connectivity index is 1.07. The average Bonchev–Trinajstić information content (AvgIpc) is 3.78. The van der Waals surface area contributed by atoms with E-state index < -0.39 is 0 Å². The van der Waals surface area contributed by atoms with Crippen molar-refractivity contribution >= 4 is 43.5 Å². The number of para-hydroxylation sites is 2. The summed E-state index contributed by atoms with van der Waals surface area (Å²) in [5.74, 6) is 0.652. The van der Waals surface area contributed by atoms with E-state index in [1.54, 1.807) is 0 Å². The minimum atomic E-state index is -0.0509. The minimum Gasteiger partial charge on any atom is -0.277 e. The molecule has 0 unspecified atom stereocenters. The van der Waals surface area contributed by atoms with Crippen molar-refractivity contribution in [2.24, 2.45) is 0 Å². The van der Waals surface area contributed by atoms with E-state index in [0.29, 0.717) is 5.95 Å². The Morgan fingerprint density at radius 3 is 1.83 bits per heavy atom. The molecule has 1 aliphatic carbocycles. The van der Waals surface area contributed by atoms with Crippen LogP contribution in [0.5, 0.6) is 0 Å². The number of nitrogens with zero attached hydrogens (tertiary/aromatic N) is 3. The van der Waals surface area contributed by atoms with E-state index in [4.69, 9.17) is 9.97 Å². The van der Waals surface area contributed by atoms with E-state index >= 15 is 0 Å². The second kappa shape index (κ2) is 13.2. The van der Waals surface area contributed by atoms with Crippen LogP contribution in [-0.2, 0) is 5.41 Å². The maximum absolute atomic E-state index is 5.43. The topological polar surface area (TPSA) is 30.7 Å². The third-order valence-corrected chi connectivity index (χ3v) is 12.8. The monoisotopic (exact) mass is 765 g/mol. The number of benzene rings is 9. The van der Waals surface area contributed by atoms with Gasteiger partial charge in [-0.25, -0.2) is 9.97 Å². The highest BCUT2D eigenvalue weighted by atomic mass is 15.2. The molecule has 0 bridgehead atoms. The van der Waals surface area contributed by atoms with E-state index in [-0.39, 0.29) is 5.41 Å². The Morgan fingerprint density at radius 1 is 0.417 bits per heavy atom. The Hall–Kier alpha value is -7.62.